The number of rotatable bonds is 23. The van der Waals surface area contributed by atoms with Gasteiger partial charge in [0, 0.05) is 18.0 Å². The van der Waals surface area contributed by atoms with Gasteiger partial charge < -0.3 is 4.74 Å². The van der Waals surface area contributed by atoms with Crippen LogP contribution in [0.3, 0.4) is 0 Å². The first-order chi connectivity index (χ1) is 18.6. The number of unbranched alkanes of at least 4 members (excludes halogenated alkanes) is 11. The summed E-state index contributed by atoms with van der Waals surface area (Å²) in [5.74, 6) is 2.11. The van der Waals surface area contributed by atoms with Gasteiger partial charge in [-0.1, -0.05) is 117 Å². The Balaban J connectivity index is 1.59. The predicted molar refractivity (Wildman–Crippen MR) is 161 cm³/mol. The summed E-state index contributed by atoms with van der Waals surface area (Å²) in [6.07, 6.45) is 25.3. The molecule has 1 aromatic heterocycles. The SMILES string of the molecule is CCCCCCCCCCCCc1cnc(-c2ccc(OCC(F)CCCC(C)CCCCC)cc2)nc1. The molecule has 1 heterocycles. The van der Waals surface area contributed by atoms with E-state index in [1.807, 2.05) is 36.7 Å². The van der Waals surface area contributed by atoms with Gasteiger partial charge in [-0.25, -0.2) is 14.4 Å². The first-order valence-electron chi connectivity index (χ1n) is 15.8. The number of aryl methyl sites for hydroxylation is 1. The van der Waals surface area contributed by atoms with E-state index in [0.29, 0.717) is 18.1 Å². The van der Waals surface area contributed by atoms with Crippen molar-refractivity contribution in [2.45, 2.75) is 143 Å². The van der Waals surface area contributed by atoms with Crippen molar-refractivity contribution in [3.8, 4) is 17.1 Å². The molecule has 2 aromatic rings. The topological polar surface area (TPSA) is 35.0 Å². The van der Waals surface area contributed by atoms with Crippen LogP contribution in [0.2, 0.25) is 0 Å². The van der Waals surface area contributed by atoms with Crippen molar-refractivity contribution < 1.29 is 9.13 Å². The second kappa shape index (κ2) is 20.9. The van der Waals surface area contributed by atoms with Crippen molar-refractivity contribution in [3.63, 3.8) is 0 Å². The van der Waals surface area contributed by atoms with E-state index in [9.17, 15) is 4.39 Å². The molecule has 0 bridgehead atoms. The van der Waals surface area contributed by atoms with Crippen LogP contribution in [0, 0.1) is 5.92 Å². The van der Waals surface area contributed by atoms with Crippen LogP contribution in [0.25, 0.3) is 11.4 Å². The van der Waals surface area contributed by atoms with Crippen molar-refractivity contribution >= 4 is 0 Å². The van der Waals surface area contributed by atoms with Crippen LogP contribution in [-0.4, -0.2) is 22.7 Å². The van der Waals surface area contributed by atoms with Gasteiger partial charge in [0.25, 0.3) is 0 Å². The van der Waals surface area contributed by atoms with Crippen LogP contribution in [0.4, 0.5) is 4.39 Å². The maximum Gasteiger partial charge on any atom is 0.159 e. The zero-order valence-corrected chi connectivity index (χ0v) is 24.7. The predicted octanol–water partition coefficient (Wildman–Crippen LogP) is 10.7. The molecular weight excluding hydrogens is 471 g/mol. The molecule has 0 fully saturated rings. The summed E-state index contributed by atoms with van der Waals surface area (Å²) in [5.41, 5.74) is 2.16. The Kier molecular flexibility index (Phi) is 17.8. The van der Waals surface area contributed by atoms with E-state index in [1.165, 1.54) is 95.5 Å². The lowest BCUT2D eigenvalue weighted by Gasteiger charge is -2.13. The van der Waals surface area contributed by atoms with Crippen LogP contribution in [0.1, 0.15) is 135 Å². The maximum absolute atomic E-state index is 14.3. The standard InChI is InChI=1S/C34H55FN2O/c1-4-6-8-9-10-11-12-13-14-16-20-30-26-36-34(37-27-30)31-22-24-33(25-23-31)38-28-32(35)21-17-19-29(3)18-15-7-5-2/h22-27,29,32H,4-21,28H2,1-3H3. The zero-order chi connectivity index (χ0) is 27.3. The summed E-state index contributed by atoms with van der Waals surface area (Å²) in [4.78, 5) is 9.15. The quantitative estimate of drug-likeness (QED) is 0.135. The van der Waals surface area contributed by atoms with Crippen molar-refractivity contribution in [1.29, 1.82) is 0 Å². The molecule has 38 heavy (non-hydrogen) atoms. The number of halogens is 1. The molecule has 0 N–H and O–H groups in total. The lowest BCUT2D eigenvalue weighted by molar-refractivity contribution is 0.182. The number of alkyl halides is 1. The molecule has 0 aliphatic carbocycles. The lowest BCUT2D eigenvalue weighted by atomic mass is 9.97. The third-order valence-corrected chi connectivity index (χ3v) is 7.58. The van der Waals surface area contributed by atoms with E-state index in [-0.39, 0.29) is 6.61 Å². The molecule has 0 amide bonds. The average molecular weight is 527 g/mol. The molecule has 2 atom stereocenters. The molecule has 2 unspecified atom stereocenters. The van der Waals surface area contributed by atoms with Gasteiger partial charge in [0.1, 0.15) is 18.5 Å². The molecule has 214 valence electrons. The Bertz CT molecular complexity index is 808. The lowest BCUT2D eigenvalue weighted by Crippen LogP contribution is -2.13. The summed E-state index contributed by atoms with van der Waals surface area (Å²) in [6.45, 7) is 6.91. The summed E-state index contributed by atoms with van der Waals surface area (Å²) in [6, 6.07) is 7.69. The Morgan fingerprint density at radius 3 is 1.87 bits per heavy atom. The first-order valence-corrected chi connectivity index (χ1v) is 15.8. The second-order valence-electron chi connectivity index (χ2n) is 11.3. The summed E-state index contributed by atoms with van der Waals surface area (Å²) >= 11 is 0. The molecule has 3 nitrogen and oxygen atoms in total. The fourth-order valence-corrected chi connectivity index (χ4v) is 4.99. The van der Waals surface area contributed by atoms with Crippen molar-refractivity contribution in [3.05, 3.63) is 42.2 Å². The zero-order valence-electron chi connectivity index (χ0n) is 24.7. The fourth-order valence-electron chi connectivity index (χ4n) is 4.99. The smallest absolute Gasteiger partial charge is 0.159 e. The van der Waals surface area contributed by atoms with Gasteiger partial charge >= 0.3 is 0 Å². The van der Waals surface area contributed by atoms with Gasteiger partial charge in [0.15, 0.2) is 5.82 Å². The number of hydrogen-bond acceptors (Lipinski definition) is 3. The highest BCUT2D eigenvalue weighted by Gasteiger charge is 2.10. The molecule has 2 rings (SSSR count). The van der Waals surface area contributed by atoms with Crippen LogP contribution >= 0.6 is 0 Å². The molecule has 0 aliphatic rings. The van der Waals surface area contributed by atoms with Crippen LogP contribution in [0.15, 0.2) is 36.7 Å². The Hall–Kier alpha value is -1.97. The molecule has 4 heteroatoms. The number of benzene rings is 1. The number of ether oxygens (including phenoxy) is 1. The van der Waals surface area contributed by atoms with E-state index in [1.54, 1.807) is 0 Å². The van der Waals surface area contributed by atoms with Crippen molar-refractivity contribution in [2.75, 3.05) is 6.61 Å². The van der Waals surface area contributed by atoms with Crippen molar-refractivity contribution in [1.82, 2.24) is 9.97 Å². The second-order valence-corrected chi connectivity index (χ2v) is 11.3. The van der Waals surface area contributed by atoms with E-state index in [4.69, 9.17) is 4.74 Å². The number of hydrogen-bond donors (Lipinski definition) is 0. The van der Waals surface area contributed by atoms with Crippen LogP contribution in [0.5, 0.6) is 5.75 Å². The van der Waals surface area contributed by atoms with Crippen LogP contribution < -0.4 is 4.74 Å². The number of nitrogens with zero attached hydrogens (tertiary/aromatic N) is 2. The van der Waals surface area contributed by atoms with Gasteiger partial charge in [-0.05, 0) is 55.0 Å². The molecule has 0 radical (unpaired) electrons. The Morgan fingerprint density at radius 2 is 1.24 bits per heavy atom. The van der Waals surface area contributed by atoms with Gasteiger partial charge in [-0.15, -0.1) is 0 Å². The minimum atomic E-state index is -0.913. The highest BCUT2D eigenvalue weighted by molar-refractivity contribution is 5.55. The summed E-state index contributed by atoms with van der Waals surface area (Å²) in [7, 11) is 0. The molecule has 0 saturated carbocycles. The van der Waals surface area contributed by atoms with Gasteiger partial charge in [0.05, 0.1) is 0 Å². The van der Waals surface area contributed by atoms with Gasteiger partial charge in [0.2, 0.25) is 0 Å². The third kappa shape index (κ3) is 14.8. The number of aromatic nitrogens is 2. The third-order valence-electron chi connectivity index (χ3n) is 7.58. The van der Waals surface area contributed by atoms with Gasteiger partial charge in [-0.3, -0.25) is 0 Å². The van der Waals surface area contributed by atoms with E-state index in [0.717, 1.165) is 30.7 Å². The molecule has 0 saturated heterocycles. The normalized spacial score (nSPS) is 12.9. The van der Waals surface area contributed by atoms with Gasteiger partial charge in [-0.2, -0.15) is 0 Å². The average Bonchev–Trinajstić information content (AvgIpc) is 2.94. The minimum Gasteiger partial charge on any atom is -0.491 e. The molecule has 0 aliphatic heterocycles. The molecule has 1 aromatic carbocycles. The van der Waals surface area contributed by atoms with Crippen LogP contribution in [-0.2, 0) is 6.42 Å². The Morgan fingerprint density at radius 1 is 0.684 bits per heavy atom. The first kappa shape index (κ1) is 32.2. The largest absolute Gasteiger partial charge is 0.491 e. The van der Waals surface area contributed by atoms with E-state index < -0.39 is 6.17 Å². The highest BCUT2D eigenvalue weighted by atomic mass is 19.1. The van der Waals surface area contributed by atoms with E-state index >= 15 is 0 Å². The van der Waals surface area contributed by atoms with Crippen molar-refractivity contribution in [2.24, 2.45) is 5.92 Å². The minimum absolute atomic E-state index is 0.119. The summed E-state index contributed by atoms with van der Waals surface area (Å²) in [5, 5.41) is 0. The molecular formula is C34H55FN2O. The fraction of sp³-hybridized carbons (Fsp3) is 0.706. The maximum atomic E-state index is 14.3. The molecule has 0 spiro atoms. The van der Waals surface area contributed by atoms with E-state index in [2.05, 4.69) is 30.7 Å². The Labute approximate surface area is 233 Å². The monoisotopic (exact) mass is 526 g/mol. The summed E-state index contributed by atoms with van der Waals surface area (Å²) < 4.78 is 20.0. The highest BCUT2D eigenvalue weighted by Crippen LogP contribution is 2.21.